The van der Waals surface area contributed by atoms with E-state index in [9.17, 15) is 39.6 Å². The van der Waals surface area contributed by atoms with Crippen LogP contribution in [-0.4, -0.2) is 127 Å². The summed E-state index contributed by atoms with van der Waals surface area (Å²) in [5.74, 6) is -6.12. The van der Waals surface area contributed by atoms with Gasteiger partial charge in [0.1, 0.15) is 0 Å². The molecule has 0 aromatic heterocycles. The molecule has 122 valence electrons. The van der Waals surface area contributed by atoms with Crippen LogP contribution in [0.4, 0.5) is 0 Å². The smallest absolute Gasteiger partial charge is 0.549 e. The van der Waals surface area contributed by atoms with Gasteiger partial charge in [-0.25, -0.2) is 0 Å². The predicted molar refractivity (Wildman–Crippen MR) is 62.3 cm³/mol. The molecule has 0 aliphatic rings. The molecular formula is C10H14BaN2Na2O9. The van der Waals surface area contributed by atoms with E-state index in [0.717, 1.165) is 9.80 Å². The second kappa shape index (κ2) is 20.6. The molecule has 0 fully saturated rings. The van der Waals surface area contributed by atoms with Gasteiger partial charge in [-0.3, -0.25) is 9.80 Å². The van der Waals surface area contributed by atoms with Gasteiger partial charge in [0.2, 0.25) is 0 Å². The molecule has 0 spiro atoms. The van der Waals surface area contributed by atoms with Gasteiger partial charge in [-0.05, 0) is 0 Å². The van der Waals surface area contributed by atoms with E-state index in [0.29, 0.717) is 0 Å². The number of carboxylic acid groups (broad SMARTS) is 4. The van der Waals surface area contributed by atoms with Crippen molar-refractivity contribution in [2.75, 3.05) is 39.3 Å². The summed E-state index contributed by atoms with van der Waals surface area (Å²) >= 11 is 0. The normalized spacial score (nSPS) is 8.92. The van der Waals surface area contributed by atoms with Crippen molar-refractivity contribution in [2.24, 2.45) is 0 Å². The molecule has 0 saturated carbocycles. The maximum absolute atomic E-state index is 10.4. The number of rotatable bonds is 11. The van der Waals surface area contributed by atoms with Crippen molar-refractivity contribution in [3.05, 3.63) is 0 Å². The number of hydrogen-bond acceptors (Lipinski definition) is 10. The minimum Gasteiger partial charge on any atom is -0.549 e. The Morgan fingerprint density at radius 3 is 0.875 bits per heavy atom. The van der Waals surface area contributed by atoms with E-state index in [1.165, 1.54) is 0 Å². The first-order valence-electron chi connectivity index (χ1n) is 5.44. The molecule has 0 bridgehead atoms. The topological polar surface area (TPSA) is 198 Å². The van der Waals surface area contributed by atoms with E-state index in [2.05, 4.69) is 0 Å². The van der Waals surface area contributed by atoms with Crippen LogP contribution in [0.15, 0.2) is 0 Å². The van der Waals surface area contributed by atoms with Gasteiger partial charge in [0, 0.05) is 39.3 Å². The third-order valence-corrected chi connectivity index (χ3v) is 2.14. The number of carboxylic acids is 4. The van der Waals surface area contributed by atoms with Gasteiger partial charge in [-0.2, -0.15) is 0 Å². The van der Waals surface area contributed by atoms with Crippen LogP contribution in [0.1, 0.15) is 0 Å². The van der Waals surface area contributed by atoms with Crippen LogP contribution in [0, 0.1) is 0 Å². The molecule has 0 aromatic carbocycles. The van der Waals surface area contributed by atoms with Gasteiger partial charge in [0.05, 0.1) is 23.9 Å². The summed E-state index contributed by atoms with van der Waals surface area (Å²) in [5.41, 5.74) is 0. The first-order valence-corrected chi connectivity index (χ1v) is 5.44. The Hall–Kier alpha value is 1.33. The SMILES string of the molecule is O.O=C([O-])CN(CCN(CC(=O)[O-])CC(=O)[O-])CC(=O)[O-].[Ba+2].[Na+].[Na+]. The molecule has 14 heteroatoms. The molecule has 2 N–H and O–H groups in total. The third-order valence-electron chi connectivity index (χ3n) is 2.14. The van der Waals surface area contributed by atoms with Crippen LogP contribution in [0.5, 0.6) is 0 Å². The summed E-state index contributed by atoms with van der Waals surface area (Å²) < 4.78 is 0. The number of carbonyl (C=O) groups is 4. The Labute approximate surface area is 222 Å². The fourth-order valence-electron chi connectivity index (χ4n) is 1.44. The summed E-state index contributed by atoms with van der Waals surface area (Å²) in [6.07, 6.45) is 0. The number of aliphatic carboxylic acids is 4. The zero-order chi connectivity index (χ0) is 15.7. The largest absolute Gasteiger partial charge is 2.00 e. The monoisotopic (exact) mass is 490 g/mol. The average molecular weight is 490 g/mol. The second-order valence-electron chi connectivity index (χ2n) is 3.91. The minimum absolute atomic E-state index is 0. The molecule has 24 heavy (non-hydrogen) atoms. The van der Waals surface area contributed by atoms with Crippen LogP contribution in [-0.2, 0) is 19.2 Å². The number of hydrogen-bond donors (Lipinski definition) is 0. The van der Waals surface area contributed by atoms with Gasteiger partial charge in [0.15, 0.2) is 0 Å². The van der Waals surface area contributed by atoms with Crippen molar-refractivity contribution in [3.8, 4) is 0 Å². The Kier molecular flexibility index (Phi) is 31.2. The molecule has 0 atom stereocenters. The maximum atomic E-state index is 10.4. The Morgan fingerprint density at radius 1 is 0.583 bits per heavy atom. The first kappa shape index (κ1) is 36.3. The van der Waals surface area contributed by atoms with Crippen LogP contribution >= 0.6 is 0 Å². The van der Waals surface area contributed by atoms with Crippen LogP contribution < -0.4 is 79.5 Å². The molecule has 0 aliphatic heterocycles. The van der Waals surface area contributed by atoms with Crippen LogP contribution in [0.3, 0.4) is 0 Å². The molecule has 0 radical (unpaired) electrons. The van der Waals surface area contributed by atoms with Gasteiger partial charge in [-0.15, -0.1) is 0 Å². The molecule has 0 aromatic rings. The number of carbonyl (C=O) groups excluding carboxylic acids is 4. The minimum atomic E-state index is -1.53. The van der Waals surface area contributed by atoms with E-state index < -0.39 is 50.1 Å². The molecule has 11 nitrogen and oxygen atoms in total. The zero-order valence-corrected chi connectivity index (χ0v) is 22.1. The Morgan fingerprint density at radius 2 is 0.750 bits per heavy atom. The zero-order valence-electron chi connectivity index (χ0n) is 13.6. The average Bonchev–Trinajstić information content (AvgIpc) is 2.22. The molecule has 0 saturated heterocycles. The Bertz CT molecular complexity index is 333. The van der Waals surface area contributed by atoms with Gasteiger partial charge in [-0.1, -0.05) is 0 Å². The quantitative estimate of drug-likeness (QED) is 0.251. The van der Waals surface area contributed by atoms with Crippen LogP contribution in [0.25, 0.3) is 0 Å². The Balaban J connectivity index is -0.000000301. The summed E-state index contributed by atoms with van der Waals surface area (Å²) in [7, 11) is 0. The maximum Gasteiger partial charge on any atom is 2.00 e. The van der Waals surface area contributed by atoms with Crippen molar-refractivity contribution >= 4 is 72.8 Å². The molecule has 0 rings (SSSR count). The summed E-state index contributed by atoms with van der Waals surface area (Å²) in [5, 5.41) is 41.6. The van der Waals surface area contributed by atoms with E-state index in [-0.39, 0.29) is 127 Å². The standard InChI is InChI=1S/C10H16N2O8.Ba.2Na.H2O/c13-7(14)3-11(4-8(15)16)1-2-12(5-9(17)18)6-10(19)20;;;;/h1-6H2,(H,13,14)(H,15,16)(H,17,18)(H,19,20);;;;1H2/q;+2;2*+1;/p-4. The predicted octanol–water partition coefficient (Wildman–Crippen LogP) is -14.6. The molecule has 0 heterocycles. The fourth-order valence-corrected chi connectivity index (χ4v) is 1.44. The second-order valence-corrected chi connectivity index (χ2v) is 3.91. The van der Waals surface area contributed by atoms with E-state index >= 15 is 0 Å². The third kappa shape index (κ3) is 23.3. The van der Waals surface area contributed by atoms with E-state index in [1.54, 1.807) is 0 Å². The fraction of sp³-hybridized carbons (Fsp3) is 0.600. The molecular weight excluding hydrogens is 475 g/mol. The van der Waals surface area contributed by atoms with Crippen molar-refractivity contribution in [1.82, 2.24) is 9.80 Å². The summed E-state index contributed by atoms with van der Waals surface area (Å²) in [6, 6.07) is 0. The van der Waals surface area contributed by atoms with Gasteiger partial charge in [0.25, 0.3) is 0 Å². The van der Waals surface area contributed by atoms with Crippen molar-refractivity contribution in [1.29, 1.82) is 0 Å². The first-order chi connectivity index (χ1) is 9.20. The van der Waals surface area contributed by atoms with Crippen molar-refractivity contribution in [2.45, 2.75) is 0 Å². The van der Waals surface area contributed by atoms with Crippen molar-refractivity contribution < 1.29 is 104 Å². The molecule has 0 aliphatic carbocycles. The van der Waals surface area contributed by atoms with Crippen LogP contribution in [0.2, 0.25) is 0 Å². The van der Waals surface area contributed by atoms with Gasteiger partial charge < -0.3 is 45.1 Å². The van der Waals surface area contributed by atoms with E-state index in [4.69, 9.17) is 0 Å². The molecule has 0 unspecified atom stereocenters. The number of nitrogens with zero attached hydrogens (tertiary/aromatic N) is 2. The van der Waals surface area contributed by atoms with Gasteiger partial charge >= 0.3 is 108 Å². The summed E-state index contributed by atoms with van der Waals surface area (Å²) in [4.78, 5) is 43.4. The molecule has 0 amide bonds. The van der Waals surface area contributed by atoms with Crippen molar-refractivity contribution in [3.63, 3.8) is 0 Å². The summed E-state index contributed by atoms with van der Waals surface area (Å²) in [6.45, 7) is -3.25. The van der Waals surface area contributed by atoms with E-state index in [1.807, 2.05) is 0 Å².